The molecule has 1 atom stereocenters. The first-order chi connectivity index (χ1) is 6.77. The maximum Gasteiger partial charge on any atom is 0.305 e. The third-order valence-corrected chi connectivity index (χ3v) is 3.02. The normalized spacial score (nSPS) is 22.6. The number of esters is 1. The van der Waals surface area contributed by atoms with Gasteiger partial charge in [-0.25, -0.2) is 0 Å². The highest BCUT2D eigenvalue weighted by Gasteiger charge is 2.21. The van der Waals surface area contributed by atoms with E-state index in [2.05, 4.69) is 16.6 Å². The van der Waals surface area contributed by atoms with Gasteiger partial charge in [0.1, 0.15) is 0 Å². The van der Waals surface area contributed by atoms with E-state index in [0.717, 1.165) is 19.0 Å². The van der Waals surface area contributed by atoms with Crippen molar-refractivity contribution < 1.29 is 9.53 Å². The van der Waals surface area contributed by atoms with Crippen LogP contribution in [0, 0.1) is 0 Å². The summed E-state index contributed by atoms with van der Waals surface area (Å²) >= 11 is 0. The van der Waals surface area contributed by atoms with Gasteiger partial charge in [0.15, 0.2) is 0 Å². The molecule has 0 bridgehead atoms. The molecule has 3 heteroatoms. The Balaban J connectivity index is 2.14. The molecule has 0 radical (unpaired) electrons. The van der Waals surface area contributed by atoms with Gasteiger partial charge < -0.3 is 9.64 Å². The zero-order chi connectivity index (χ0) is 10.4. The Morgan fingerprint density at radius 1 is 1.57 bits per heavy atom. The first-order valence-electron chi connectivity index (χ1n) is 5.58. The van der Waals surface area contributed by atoms with Gasteiger partial charge in [-0.2, -0.15) is 0 Å². The molecule has 1 fully saturated rings. The van der Waals surface area contributed by atoms with Crippen molar-refractivity contribution in [3.8, 4) is 0 Å². The van der Waals surface area contributed by atoms with E-state index >= 15 is 0 Å². The van der Waals surface area contributed by atoms with E-state index in [1.54, 1.807) is 0 Å². The lowest BCUT2D eigenvalue weighted by molar-refractivity contribution is -0.140. The predicted molar refractivity (Wildman–Crippen MR) is 56.1 cm³/mol. The van der Waals surface area contributed by atoms with Crippen molar-refractivity contribution in [2.45, 2.75) is 45.1 Å². The van der Waals surface area contributed by atoms with Gasteiger partial charge in [0.25, 0.3) is 0 Å². The molecule has 1 aliphatic rings. The third kappa shape index (κ3) is 3.29. The number of nitrogens with zero attached hydrogens (tertiary/aromatic N) is 1. The van der Waals surface area contributed by atoms with Gasteiger partial charge in [0.2, 0.25) is 0 Å². The van der Waals surface area contributed by atoms with Crippen LogP contribution in [-0.4, -0.2) is 37.1 Å². The van der Waals surface area contributed by atoms with Crippen molar-refractivity contribution in [1.29, 1.82) is 0 Å². The summed E-state index contributed by atoms with van der Waals surface area (Å²) in [6, 6.07) is 0.757. The highest BCUT2D eigenvalue weighted by Crippen LogP contribution is 2.19. The van der Waals surface area contributed by atoms with Crippen LogP contribution in [0.3, 0.4) is 0 Å². The molecule has 0 aromatic rings. The quantitative estimate of drug-likeness (QED) is 0.632. The molecule has 1 heterocycles. The molecule has 82 valence electrons. The molecule has 3 nitrogen and oxygen atoms in total. The van der Waals surface area contributed by atoms with Crippen molar-refractivity contribution in [3.63, 3.8) is 0 Å². The molecule has 0 saturated carbocycles. The Morgan fingerprint density at radius 2 is 2.36 bits per heavy atom. The molecular weight excluding hydrogens is 178 g/mol. The summed E-state index contributed by atoms with van der Waals surface area (Å²) < 4.78 is 4.61. The third-order valence-electron chi connectivity index (χ3n) is 3.02. The van der Waals surface area contributed by atoms with Gasteiger partial charge >= 0.3 is 5.97 Å². The van der Waals surface area contributed by atoms with Crippen LogP contribution in [0.25, 0.3) is 0 Å². The number of hydrogen-bond acceptors (Lipinski definition) is 3. The minimum Gasteiger partial charge on any atom is -0.469 e. The van der Waals surface area contributed by atoms with E-state index in [1.807, 2.05) is 0 Å². The Morgan fingerprint density at radius 3 is 3.00 bits per heavy atom. The highest BCUT2D eigenvalue weighted by atomic mass is 16.5. The summed E-state index contributed by atoms with van der Waals surface area (Å²) in [5, 5.41) is 0. The number of rotatable bonds is 5. The zero-order valence-corrected chi connectivity index (χ0v) is 9.29. The summed E-state index contributed by atoms with van der Waals surface area (Å²) in [5.41, 5.74) is 0. The van der Waals surface area contributed by atoms with E-state index in [4.69, 9.17) is 0 Å². The second-order valence-corrected chi connectivity index (χ2v) is 3.92. The molecule has 0 N–H and O–H groups in total. The Bertz CT molecular complexity index is 182. The molecule has 0 aromatic carbocycles. The topological polar surface area (TPSA) is 29.5 Å². The smallest absolute Gasteiger partial charge is 0.305 e. The fourth-order valence-corrected chi connectivity index (χ4v) is 2.18. The maximum absolute atomic E-state index is 10.9. The lowest BCUT2D eigenvalue weighted by Crippen LogP contribution is -2.30. The second kappa shape index (κ2) is 6.02. The number of likely N-dealkylation sites (tertiary alicyclic amines) is 1. The summed E-state index contributed by atoms with van der Waals surface area (Å²) in [6.07, 6.45) is 5.37. The molecule has 1 unspecified atom stereocenters. The Hall–Kier alpha value is -0.570. The van der Waals surface area contributed by atoms with Gasteiger partial charge in [0.05, 0.1) is 7.11 Å². The lowest BCUT2D eigenvalue weighted by Gasteiger charge is -2.22. The van der Waals surface area contributed by atoms with E-state index < -0.39 is 0 Å². The lowest BCUT2D eigenvalue weighted by atomic mass is 10.1. The van der Waals surface area contributed by atoms with Crippen LogP contribution in [0.2, 0.25) is 0 Å². The largest absolute Gasteiger partial charge is 0.469 e. The fourth-order valence-electron chi connectivity index (χ4n) is 2.18. The Labute approximate surface area is 86.4 Å². The summed E-state index contributed by atoms with van der Waals surface area (Å²) in [4.78, 5) is 13.4. The van der Waals surface area contributed by atoms with Gasteiger partial charge in [-0.1, -0.05) is 6.92 Å². The van der Waals surface area contributed by atoms with Gasteiger partial charge in [-0.3, -0.25) is 4.79 Å². The van der Waals surface area contributed by atoms with Crippen LogP contribution < -0.4 is 0 Å². The number of ether oxygens (including phenoxy) is 1. The van der Waals surface area contributed by atoms with Crippen molar-refractivity contribution >= 4 is 5.97 Å². The zero-order valence-electron chi connectivity index (χ0n) is 9.29. The average Bonchev–Trinajstić information content (AvgIpc) is 2.65. The molecule has 0 spiro atoms. The Kier molecular flexibility index (Phi) is 4.94. The van der Waals surface area contributed by atoms with Crippen molar-refractivity contribution in [3.05, 3.63) is 0 Å². The highest BCUT2D eigenvalue weighted by molar-refractivity contribution is 5.69. The molecule has 0 aliphatic carbocycles. The van der Waals surface area contributed by atoms with Crippen molar-refractivity contribution in [2.75, 3.05) is 20.2 Å². The van der Waals surface area contributed by atoms with Crippen LogP contribution in [0.15, 0.2) is 0 Å². The first kappa shape index (κ1) is 11.5. The average molecular weight is 199 g/mol. The SMILES string of the molecule is CCC1CCCN1CCCC(=O)OC. The minimum atomic E-state index is -0.0859. The number of carbonyl (C=O) groups is 1. The molecule has 1 rings (SSSR count). The molecular formula is C11H21NO2. The fraction of sp³-hybridized carbons (Fsp3) is 0.909. The molecule has 0 amide bonds. The molecule has 1 aliphatic heterocycles. The van der Waals surface area contributed by atoms with Crippen molar-refractivity contribution in [1.82, 2.24) is 4.90 Å². The van der Waals surface area contributed by atoms with Crippen LogP contribution in [0.5, 0.6) is 0 Å². The number of methoxy groups -OCH3 is 1. The second-order valence-electron chi connectivity index (χ2n) is 3.92. The number of carbonyl (C=O) groups excluding carboxylic acids is 1. The standard InChI is InChI=1S/C11H21NO2/c1-3-10-6-4-8-12(10)9-5-7-11(13)14-2/h10H,3-9H2,1-2H3. The van der Waals surface area contributed by atoms with E-state index in [1.165, 1.54) is 32.9 Å². The summed E-state index contributed by atoms with van der Waals surface area (Å²) in [6.45, 7) is 4.50. The van der Waals surface area contributed by atoms with Gasteiger partial charge in [-0.15, -0.1) is 0 Å². The van der Waals surface area contributed by atoms with Crippen LogP contribution in [0.1, 0.15) is 39.0 Å². The van der Waals surface area contributed by atoms with Crippen LogP contribution >= 0.6 is 0 Å². The van der Waals surface area contributed by atoms with Gasteiger partial charge in [-0.05, 0) is 38.8 Å². The minimum absolute atomic E-state index is 0.0859. The first-order valence-corrected chi connectivity index (χ1v) is 5.58. The van der Waals surface area contributed by atoms with Crippen LogP contribution in [0.4, 0.5) is 0 Å². The monoisotopic (exact) mass is 199 g/mol. The molecule has 0 aromatic heterocycles. The van der Waals surface area contributed by atoms with E-state index in [0.29, 0.717) is 6.42 Å². The van der Waals surface area contributed by atoms with E-state index in [9.17, 15) is 4.79 Å². The van der Waals surface area contributed by atoms with Crippen molar-refractivity contribution in [2.24, 2.45) is 0 Å². The van der Waals surface area contributed by atoms with Gasteiger partial charge in [0, 0.05) is 12.5 Å². The maximum atomic E-state index is 10.9. The molecule has 14 heavy (non-hydrogen) atoms. The number of hydrogen-bond donors (Lipinski definition) is 0. The summed E-state index contributed by atoms with van der Waals surface area (Å²) in [5.74, 6) is -0.0859. The van der Waals surface area contributed by atoms with Crippen LogP contribution in [-0.2, 0) is 9.53 Å². The predicted octanol–water partition coefficient (Wildman–Crippen LogP) is 1.81. The summed E-state index contributed by atoms with van der Waals surface area (Å²) in [7, 11) is 1.45. The molecule has 1 saturated heterocycles. The van der Waals surface area contributed by atoms with E-state index in [-0.39, 0.29) is 5.97 Å².